The van der Waals surface area contributed by atoms with Gasteiger partial charge >= 0.3 is 6.18 Å². The average Bonchev–Trinajstić information content (AvgIpc) is 3.18. The van der Waals surface area contributed by atoms with Crippen LogP contribution < -0.4 is 4.74 Å². The van der Waals surface area contributed by atoms with Gasteiger partial charge in [-0.15, -0.1) is 10.2 Å². The average molecular weight is 367 g/mol. The number of aromatic nitrogens is 3. The lowest BCUT2D eigenvalue weighted by atomic mass is 10.1. The Kier molecular flexibility index (Phi) is 4.58. The zero-order chi connectivity index (χ0) is 18.9. The van der Waals surface area contributed by atoms with Gasteiger partial charge in [0, 0.05) is 25.7 Å². The van der Waals surface area contributed by atoms with Crippen LogP contribution in [-0.2, 0) is 10.9 Å². The molecule has 0 saturated carbocycles. The largest absolute Gasteiger partial charge is 0.497 e. The lowest BCUT2D eigenvalue weighted by molar-refractivity contribution is -0.137. The number of hydrogen-bond acceptors (Lipinski definition) is 6. The summed E-state index contributed by atoms with van der Waals surface area (Å²) in [7, 11) is 3.06. The van der Waals surface area contributed by atoms with E-state index in [4.69, 9.17) is 9.47 Å². The first-order valence-corrected chi connectivity index (χ1v) is 7.57. The lowest BCUT2D eigenvalue weighted by Gasteiger charge is -2.12. The van der Waals surface area contributed by atoms with Crippen LogP contribution in [0.3, 0.4) is 0 Å². The standard InChI is InChI=1S/C16H16F3N5O2/c1-10-21-23(2)14(26-10)4-5-24-9-20-15(22-24)11-6-12(16(17,18)19)8-13(7-11)25-3/h4-9,14H,1-3H3/b5-4-. The third-order valence-electron chi connectivity index (χ3n) is 3.60. The number of halogens is 3. The van der Waals surface area contributed by atoms with Crippen molar-refractivity contribution in [2.45, 2.75) is 19.3 Å². The first-order valence-electron chi connectivity index (χ1n) is 7.57. The summed E-state index contributed by atoms with van der Waals surface area (Å²) in [6.45, 7) is 1.74. The fraction of sp³-hybridized carbons (Fsp3) is 0.312. The molecule has 10 heteroatoms. The molecule has 0 saturated heterocycles. The van der Waals surface area contributed by atoms with Crippen LogP contribution in [0.1, 0.15) is 12.5 Å². The van der Waals surface area contributed by atoms with Crippen molar-refractivity contribution in [2.24, 2.45) is 5.10 Å². The minimum atomic E-state index is -4.49. The molecule has 0 amide bonds. The third-order valence-corrected chi connectivity index (χ3v) is 3.60. The highest BCUT2D eigenvalue weighted by atomic mass is 19.4. The second-order valence-corrected chi connectivity index (χ2v) is 5.54. The van der Waals surface area contributed by atoms with Gasteiger partial charge in [0.2, 0.25) is 12.1 Å². The minimum absolute atomic E-state index is 0.0790. The Morgan fingerprint density at radius 3 is 2.65 bits per heavy atom. The molecular formula is C16H16F3N5O2. The molecule has 1 aromatic heterocycles. The van der Waals surface area contributed by atoms with Gasteiger partial charge in [0.1, 0.15) is 12.1 Å². The van der Waals surface area contributed by atoms with E-state index in [0.717, 1.165) is 12.1 Å². The van der Waals surface area contributed by atoms with E-state index in [0.29, 0.717) is 5.90 Å². The number of alkyl halides is 3. The van der Waals surface area contributed by atoms with Crippen LogP contribution in [0.15, 0.2) is 35.7 Å². The molecule has 3 rings (SSSR count). The molecule has 0 fully saturated rings. The van der Waals surface area contributed by atoms with Crippen LogP contribution in [0.2, 0.25) is 0 Å². The summed E-state index contributed by atoms with van der Waals surface area (Å²) in [4.78, 5) is 4.06. The molecule has 1 aliphatic rings. The zero-order valence-electron chi connectivity index (χ0n) is 14.2. The van der Waals surface area contributed by atoms with Crippen molar-refractivity contribution >= 4 is 12.1 Å². The van der Waals surface area contributed by atoms with Crippen molar-refractivity contribution in [2.75, 3.05) is 14.2 Å². The highest BCUT2D eigenvalue weighted by Crippen LogP contribution is 2.34. The molecule has 138 valence electrons. The van der Waals surface area contributed by atoms with Gasteiger partial charge in [0.05, 0.1) is 12.7 Å². The summed E-state index contributed by atoms with van der Waals surface area (Å²) in [5.74, 6) is 0.764. The SMILES string of the molecule is COc1cc(-c2ncn(/C=C\C3OC(C)=NN3C)n2)cc(C(F)(F)F)c1. The molecule has 7 nitrogen and oxygen atoms in total. The molecule has 0 N–H and O–H groups in total. The van der Waals surface area contributed by atoms with E-state index in [1.807, 2.05) is 0 Å². The van der Waals surface area contributed by atoms with Crippen molar-refractivity contribution < 1.29 is 22.6 Å². The Labute approximate surface area is 147 Å². The quantitative estimate of drug-likeness (QED) is 0.831. The Morgan fingerprint density at radius 1 is 1.27 bits per heavy atom. The van der Waals surface area contributed by atoms with E-state index in [1.165, 1.54) is 24.2 Å². The van der Waals surface area contributed by atoms with Crippen LogP contribution in [0.25, 0.3) is 17.6 Å². The van der Waals surface area contributed by atoms with Crippen molar-refractivity contribution in [3.63, 3.8) is 0 Å². The van der Waals surface area contributed by atoms with Gasteiger partial charge in [-0.25, -0.2) is 9.67 Å². The molecule has 1 unspecified atom stereocenters. The lowest BCUT2D eigenvalue weighted by Crippen LogP contribution is -2.21. The summed E-state index contributed by atoms with van der Waals surface area (Å²) in [6, 6.07) is 3.36. The van der Waals surface area contributed by atoms with Crippen LogP contribution >= 0.6 is 0 Å². The van der Waals surface area contributed by atoms with Crippen LogP contribution in [0, 0.1) is 0 Å². The normalized spacial score (nSPS) is 17.5. The van der Waals surface area contributed by atoms with Gasteiger partial charge in [-0.2, -0.15) is 13.2 Å². The molecule has 0 spiro atoms. The zero-order valence-corrected chi connectivity index (χ0v) is 14.2. The summed E-state index contributed by atoms with van der Waals surface area (Å²) < 4.78 is 50.9. The summed E-state index contributed by atoms with van der Waals surface area (Å²) in [5, 5.41) is 9.89. The summed E-state index contributed by atoms with van der Waals surface area (Å²) >= 11 is 0. The van der Waals surface area contributed by atoms with Crippen LogP contribution in [0.4, 0.5) is 13.2 Å². The monoisotopic (exact) mass is 367 g/mol. The molecule has 2 heterocycles. The molecule has 26 heavy (non-hydrogen) atoms. The number of likely N-dealkylation sites (N-methyl/N-ethyl adjacent to an activating group) is 1. The van der Waals surface area contributed by atoms with Crippen molar-refractivity contribution in [1.29, 1.82) is 0 Å². The number of hydrogen-bond donors (Lipinski definition) is 0. The van der Waals surface area contributed by atoms with Crippen LogP contribution in [-0.4, -0.2) is 46.1 Å². The van der Waals surface area contributed by atoms with Gasteiger partial charge in [-0.05, 0) is 24.3 Å². The second kappa shape index (κ2) is 6.70. The Bertz CT molecular complexity index is 860. The van der Waals surface area contributed by atoms with E-state index in [-0.39, 0.29) is 23.4 Å². The number of benzene rings is 1. The molecule has 0 bridgehead atoms. The molecular weight excluding hydrogens is 351 g/mol. The van der Waals surface area contributed by atoms with E-state index in [2.05, 4.69) is 15.2 Å². The van der Waals surface area contributed by atoms with E-state index < -0.39 is 11.7 Å². The highest BCUT2D eigenvalue weighted by molar-refractivity contribution is 5.74. The number of ether oxygens (including phenoxy) is 2. The Hall–Kier alpha value is -3.04. The van der Waals surface area contributed by atoms with E-state index in [9.17, 15) is 13.2 Å². The molecule has 2 aromatic rings. The Balaban J connectivity index is 1.84. The molecule has 1 aliphatic heterocycles. The second-order valence-electron chi connectivity index (χ2n) is 5.54. The highest BCUT2D eigenvalue weighted by Gasteiger charge is 2.31. The maximum atomic E-state index is 13.0. The summed E-state index contributed by atoms with van der Waals surface area (Å²) in [6.07, 6.45) is -0.187. The molecule has 1 atom stereocenters. The van der Waals surface area contributed by atoms with Gasteiger partial charge in [0.15, 0.2) is 5.82 Å². The predicted octanol–water partition coefficient (Wildman–Crippen LogP) is 3.06. The molecule has 0 radical (unpaired) electrons. The first-order chi connectivity index (χ1) is 12.3. The number of rotatable bonds is 4. The maximum absolute atomic E-state index is 13.0. The smallest absolute Gasteiger partial charge is 0.416 e. The first kappa shape index (κ1) is 17.8. The van der Waals surface area contributed by atoms with E-state index >= 15 is 0 Å². The van der Waals surface area contributed by atoms with Crippen molar-refractivity contribution in [3.05, 3.63) is 36.2 Å². The third kappa shape index (κ3) is 3.79. The van der Waals surface area contributed by atoms with E-state index in [1.54, 1.807) is 31.3 Å². The fourth-order valence-corrected chi connectivity index (χ4v) is 2.37. The van der Waals surface area contributed by atoms with Gasteiger partial charge in [-0.3, -0.25) is 5.01 Å². The number of methoxy groups -OCH3 is 1. The van der Waals surface area contributed by atoms with Crippen molar-refractivity contribution in [1.82, 2.24) is 19.8 Å². The van der Waals surface area contributed by atoms with Crippen molar-refractivity contribution in [3.8, 4) is 17.1 Å². The summed E-state index contributed by atoms with van der Waals surface area (Å²) in [5.41, 5.74) is -0.621. The topological polar surface area (TPSA) is 64.8 Å². The molecule has 1 aromatic carbocycles. The van der Waals surface area contributed by atoms with Gasteiger partial charge < -0.3 is 9.47 Å². The fourth-order valence-electron chi connectivity index (χ4n) is 2.37. The van der Waals surface area contributed by atoms with Crippen LogP contribution in [0.5, 0.6) is 5.75 Å². The number of nitrogens with zero attached hydrogens (tertiary/aromatic N) is 5. The number of hydrazone groups is 1. The predicted molar refractivity (Wildman–Crippen MR) is 88.1 cm³/mol. The van der Waals surface area contributed by atoms with Gasteiger partial charge in [0.25, 0.3) is 0 Å². The Morgan fingerprint density at radius 2 is 2.04 bits per heavy atom. The maximum Gasteiger partial charge on any atom is 0.416 e. The van der Waals surface area contributed by atoms with Gasteiger partial charge in [-0.1, -0.05) is 0 Å². The minimum Gasteiger partial charge on any atom is -0.497 e. The molecule has 0 aliphatic carbocycles.